The van der Waals surface area contributed by atoms with Gasteiger partial charge >= 0.3 is 0 Å². The van der Waals surface area contributed by atoms with Crippen LogP contribution in [-0.4, -0.2) is 35.9 Å². The Kier molecular flexibility index (Phi) is 9.23. The molecule has 0 saturated carbocycles. The number of halogens is 1. The zero-order valence-electron chi connectivity index (χ0n) is 21.5. The quantitative estimate of drug-likeness (QED) is 0.421. The molecule has 3 aromatic rings. The van der Waals surface area contributed by atoms with E-state index in [2.05, 4.69) is 26.1 Å². The highest BCUT2D eigenvalue weighted by atomic mass is 19.1. The van der Waals surface area contributed by atoms with Crippen molar-refractivity contribution >= 4 is 11.8 Å². The lowest BCUT2D eigenvalue weighted by atomic mass is 9.87. The van der Waals surface area contributed by atoms with Gasteiger partial charge in [-0.05, 0) is 53.3 Å². The Hall–Kier alpha value is -3.67. The van der Waals surface area contributed by atoms with Crippen LogP contribution in [0, 0.1) is 5.82 Å². The Balaban J connectivity index is 1.85. The fourth-order valence-electron chi connectivity index (χ4n) is 3.91. The van der Waals surface area contributed by atoms with Crippen molar-refractivity contribution in [1.82, 2.24) is 10.2 Å². The first-order valence-electron chi connectivity index (χ1n) is 12.3. The summed E-state index contributed by atoms with van der Waals surface area (Å²) in [5, 5.41) is 2.86. The van der Waals surface area contributed by atoms with Crippen molar-refractivity contribution in [3.8, 4) is 5.75 Å². The molecular formula is C30H35FN2O3. The van der Waals surface area contributed by atoms with Crippen LogP contribution >= 0.6 is 0 Å². The Bertz CT molecular complexity index is 1120. The zero-order chi connectivity index (χ0) is 26.1. The molecule has 1 atom stereocenters. The summed E-state index contributed by atoms with van der Waals surface area (Å²) < 4.78 is 19.3. The minimum Gasteiger partial charge on any atom is -0.484 e. The van der Waals surface area contributed by atoms with E-state index in [0.29, 0.717) is 18.7 Å². The molecule has 5 nitrogen and oxygen atoms in total. The molecule has 2 amide bonds. The van der Waals surface area contributed by atoms with E-state index in [9.17, 15) is 14.0 Å². The average molecular weight is 491 g/mol. The van der Waals surface area contributed by atoms with E-state index in [0.717, 1.165) is 11.1 Å². The second kappa shape index (κ2) is 12.3. The summed E-state index contributed by atoms with van der Waals surface area (Å²) >= 11 is 0. The zero-order valence-corrected chi connectivity index (χ0v) is 21.5. The van der Waals surface area contributed by atoms with Gasteiger partial charge in [0, 0.05) is 19.5 Å². The topological polar surface area (TPSA) is 58.6 Å². The van der Waals surface area contributed by atoms with Crippen LogP contribution in [-0.2, 0) is 28.0 Å². The van der Waals surface area contributed by atoms with Crippen molar-refractivity contribution in [3.05, 3.63) is 101 Å². The summed E-state index contributed by atoms with van der Waals surface area (Å²) in [6, 6.07) is 22.5. The first-order chi connectivity index (χ1) is 17.2. The molecule has 6 heteroatoms. The van der Waals surface area contributed by atoms with E-state index >= 15 is 0 Å². The van der Waals surface area contributed by atoms with Gasteiger partial charge in [0.1, 0.15) is 17.6 Å². The van der Waals surface area contributed by atoms with Gasteiger partial charge in [0.05, 0.1) is 0 Å². The monoisotopic (exact) mass is 490 g/mol. The van der Waals surface area contributed by atoms with Crippen molar-refractivity contribution in [3.63, 3.8) is 0 Å². The van der Waals surface area contributed by atoms with Crippen molar-refractivity contribution < 1.29 is 18.7 Å². The number of nitrogens with one attached hydrogen (secondary N) is 1. The SMILES string of the molecule is CCNC(=O)C(Cc1ccccc1)N(Cc1ccc(F)cc1)C(=O)COc1ccc(C(C)(C)C)cc1. The average Bonchev–Trinajstić information content (AvgIpc) is 2.86. The Morgan fingerprint density at radius 3 is 2.14 bits per heavy atom. The lowest BCUT2D eigenvalue weighted by Crippen LogP contribution is -2.51. The maximum atomic E-state index is 13.5. The van der Waals surface area contributed by atoms with Crippen LogP contribution in [0.3, 0.4) is 0 Å². The summed E-state index contributed by atoms with van der Waals surface area (Å²) in [6.45, 7) is 8.62. The molecule has 0 aliphatic heterocycles. The third-order valence-corrected chi connectivity index (χ3v) is 5.97. The smallest absolute Gasteiger partial charge is 0.261 e. The van der Waals surface area contributed by atoms with E-state index in [-0.39, 0.29) is 36.2 Å². The van der Waals surface area contributed by atoms with Gasteiger partial charge in [-0.15, -0.1) is 0 Å². The van der Waals surface area contributed by atoms with Gasteiger partial charge in [-0.3, -0.25) is 9.59 Å². The summed E-state index contributed by atoms with van der Waals surface area (Å²) in [5.41, 5.74) is 2.83. The Morgan fingerprint density at radius 1 is 0.917 bits per heavy atom. The molecule has 0 bridgehead atoms. The second-order valence-electron chi connectivity index (χ2n) is 9.81. The van der Waals surface area contributed by atoms with Gasteiger partial charge in [-0.2, -0.15) is 0 Å². The predicted molar refractivity (Wildman–Crippen MR) is 140 cm³/mol. The largest absolute Gasteiger partial charge is 0.484 e. The molecule has 0 aliphatic carbocycles. The van der Waals surface area contributed by atoms with Crippen LogP contribution < -0.4 is 10.1 Å². The molecule has 1 N–H and O–H groups in total. The number of hydrogen-bond acceptors (Lipinski definition) is 3. The van der Waals surface area contributed by atoms with Gasteiger partial charge in [0.25, 0.3) is 5.91 Å². The summed E-state index contributed by atoms with van der Waals surface area (Å²) in [7, 11) is 0. The molecule has 0 aliphatic rings. The molecule has 3 aromatic carbocycles. The van der Waals surface area contributed by atoms with E-state index < -0.39 is 6.04 Å². The minimum absolute atomic E-state index is 0.0115. The molecule has 0 saturated heterocycles. The van der Waals surface area contributed by atoms with E-state index in [1.54, 1.807) is 12.1 Å². The van der Waals surface area contributed by atoms with Gasteiger partial charge < -0.3 is 15.0 Å². The lowest BCUT2D eigenvalue weighted by Gasteiger charge is -2.31. The normalized spacial score (nSPS) is 12.0. The number of carbonyl (C=O) groups excluding carboxylic acids is 2. The van der Waals surface area contributed by atoms with Crippen LogP contribution in [0.2, 0.25) is 0 Å². The maximum absolute atomic E-state index is 13.5. The van der Waals surface area contributed by atoms with Crippen molar-refractivity contribution in [1.29, 1.82) is 0 Å². The first kappa shape index (κ1) is 26.9. The number of likely N-dealkylation sites (N-methyl/N-ethyl adjacent to an activating group) is 1. The molecular weight excluding hydrogens is 455 g/mol. The van der Waals surface area contributed by atoms with Crippen molar-refractivity contribution in [2.75, 3.05) is 13.2 Å². The standard InChI is InChI=1S/C30H35FN2O3/c1-5-32-29(35)27(19-22-9-7-6-8-10-22)33(20-23-11-15-25(31)16-12-23)28(34)21-36-26-17-13-24(14-18-26)30(2,3)4/h6-18,27H,5,19-21H2,1-4H3,(H,32,35). The maximum Gasteiger partial charge on any atom is 0.261 e. The number of amides is 2. The fourth-order valence-corrected chi connectivity index (χ4v) is 3.91. The summed E-state index contributed by atoms with van der Waals surface area (Å²) in [4.78, 5) is 28.2. The predicted octanol–water partition coefficient (Wildman–Crippen LogP) is 5.28. The highest BCUT2D eigenvalue weighted by Gasteiger charge is 2.30. The second-order valence-corrected chi connectivity index (χ2v) is 9.81. The van der Waals surface area contributed by atoms with E-state index in [1.165, 1.54) is 22.6 Å². The van der Waals surface area contributed by atoms with Crippen LogP contribution in [0.1, 0.15) is 44.4 Å². The number of rotatable bonds is 10. The first-order valence-corrected chi connectivity index (χ1v) is 12.3. The van der Waals surface area contributed by atoms with E-state index in [4.69, 9.17) is 4.74 Å². The number of ether oxygens (including phenoxy) is 1. The number of carbonyl (C=O) groups is 2. The molecule has 1 unspecified atom stereocenters. The van der Waals surface area contributed by atoms with Crippen LogP contribution in [0.25, 0.3) is 0 Å². The van der Waals surface area contributed by atoms with Gasteiger partial charge in [0.15, 0.2) is 6.61 Å². The minimum atomic E-state index is -0.753. The molecule has 0 spiro atoms. The fraction of sp³-hybridized carbons (Fsp3) is 0.333. The summed E-state index contributed by atoms with van der Waals surface area (Å²) in [6.07, 6.45) is 0.347. The molecule has 3 rings (SSSR count). The number of hydrogen-bond donors (Lipinski definition) is 1. The number of nitrogens with zero attached hydrogens (tertiary/aromatic N) is 1. The lowest BCUT2D eigenvalue weighted by molar-refractivity contribution is -0.142. The van der Waals surface area contributed by atoms with Gasteiger partial charge in [-0.25, -0.2) is 4.39 Å². The van der Waals surface area contributed by atoms with Crippen LogP contribution in [0.4, 0.5) is 4.39 Å². The van der Waals surface area contributed by atoms with Crippen LogP contribution in [0.5, 0.6) is 5.75 Å². The van der Waals surface area contributed by atoms with Crippen LogP contribution in [0.15, 0.2) is 78.9 Å². The summed E-state index contributed by atoms with van der Waals surface area (Å²) in [5.74, 6) is -0.350. The Morgan fingerprint density at radius 2 is 1.56 bits per heavy atom. The molecule has 0 fully saturated rings. The highest BCUT2D eigenvalue weighted by molar-refractivity contribution is 5.88. The third-order valence-electron chi connectivity index (χ3n) is 5.97. The molecule has 36 heavy (non-hydrogen) atoms. The Labute approximate surface area is 213 Å². The van der Waals surface area contributed by atoms with E-state index in [1.807, 2.05) is 61.5 Å². The van der Waals surface area contributed by atoms with Gasteiger partial charge in [-0.1, -0.05) is 75.4 Å². The number of benzene rings is 3. The molecule has 0 aromatic heterocycles. The van der Waals surface area contributed by atoms with Crippen molar-refractivity contribution in [2.45, 2.75) is 52.1 Å². The van der Waals surface area contributed by atoms with Gasteiger partial charge in [0.2, 0.25) is 5.91 Å². The molecule has 0 radical (unpaired) electrons. The third kappa shape index (κ3) is 7.67. The molecule has 0 heterocycles. The molecule has 190 valence electrons. The van der Waals surface area contributed by atoms with Crippen molar-refractivity contribution in [2.24, 2.45) is 0 Å². The highest BCUT2D eigenvalue weighted by Crippen LogP contribution is 2.24.